The van der Waals surface area contributed by atoms with Gasteiger partial charge < -0.3 is 25.5 Å². The van der Waals surface area contributed by atoms with E-state index in [9.17, 15) is 28.3 Å². The molecule has 0 saturated carbocycles. The van der Waals surface area contributed by atoms with Crippen LogP contribution in [0.15, 0.2) is 40.0 Å². The molecular formula is C21H18F3N7O4. The summed E-state index contributed by atoms with van der Waals surface area (Å²) >= 11 is 0. The average Bonchev–Trinajstić information content (AvgIpc) is 2.82. The van der Waals surface area contributed by atoms with E-state index < -0.39 is 53.0 Å². The van der Waals surface area contributed by atoms with Crippen LogP contribution in [0.2, 0.25) is 0 Å². The standard InChI is InChI=1S/C21H18F3N7O4/c22-10-1-2-13(12(23)7-10)31-8-11(20(34)35)16(32)14-17(33)15(24)19(28-18(14)31)29-3-5-30(6-4-29)21(26)27-9-25/h1-2,7-8,14-15,18H,3-6H2,(H2,26,27)(H,34,35). The van der Waals surface area contributed by atoms with Crippen LogP contribution in [0.25, 0.3) is 0 Å². The fourth-order valence-electron chi connectivity index (χ4n) is 4.23. The molecular weight excluding hydrogens is 471 g/mol. The second-order valence-corrected chi connectivity index (χ2v) is 7.90. The Morgan fingerprint density at radius 1 is 1.23 bits per heavy atom. The van der Waals surface area contributed by atoms with Gasteiger partial charge in [-0.05, 0) is 12.1 Å². The molecule has 0 bridgehead atoms. The Morgan fingerprint density at radius 2 is 1.91 bits per heavy atom. The van der Waals surface area contributed by atoms with Crippen molar-refractivity contribution in [2.24, 2.45) is 21.6 Å². The maximum absolute atomic E-state index is 15.2. The van der Waals surface area contributed by atoms with E-state index in [2.05, 4.69) is 9.98 Å². The van der Waals surface area contributed by atoms with E-state index in [0.717, 1.165) is 23.2 Å². The number of benzene rings is 1. The monoisotopic (exact) mass is 489 g/mol. The number of hydrogen-bond acceptors (Lipinski definition) is 8. The minimum Gasteiger partial charge on any atom is -0.478 e. The van der Waals surface area contributed by atoms with Gasteiger partial charge >= 0.3 is 5.97 Å². The number of piperazine rings is 1. The van der Waals surface area contributed by atoms with Crippen LogP contribution in [0.1, 0.15) is 0 Å². The molecule has 182 valence electrons. The summed E-state index contributed by atoms with van der Waals surface area (Å²) in [6, 6.07) is 2.47. The Balaban J connectivity index is 1.74. The van der Waals surface area contributed by atoms with Gasteiger partial charge in [0.15, 0.2) is 11.6 Å². The minimum absolute atomic E-state index is 0.0205. The molecule has 0 aromatic heterocycles. The molecule has 0 amide bonds. The normalized spacial score (nSPS) is 25.0. The van der Waals surface area contributed by atoms with Crippen LogP contribution in [0.4, 0.5) is 18.9 Å². The number of carbonyl (C=O) groups is 3. The molecule has 3 heterocycles. The van der Waals surface area contributed by atoms with Crippen LogP contribution >= 0.6 is 0 Å². The highest BCUT2D eigenvalue weighted by atomic mass is 19.1. The summed E-state index contributed by atoms with van der Waals surface area (Å²) < 4.78 is 43.3. The number of aliphatic carboxylic acids is 1. The molecule has 0 radical (unpaired) electrons. The van der Waals surface area contributed by atoms with Crippen LogP contribution in [-0.2, 0) is 14.4 Å². The highest BCUT2D eigenvalue weighted by Crippen LogP contribution is 2.36. The number of carboxylic acids is 1. The molecule has 3 N–H and O–H groups in total. The Kier molecular flexibility index (Phi) is 6.16. The van der Waals surface area contributed by atoms with Crippen LogP contribution < -0.4 is 10.6 Å². The minimum atomic E-state index is -2.33. The lowest BCUT2D eigenvalue weighted by Crippen LogP contribution is -2.61. The van der Waals surface area contributed by atoms with Crippen LogP contribution in [0.3, 0.4) is 0 Å². The van der Waals surface area contributed by atoms with E-state index in [-0.39, 0.29) is 43.7 Å². The second kappa shape index (κ2) is 9.09. The number of fused-ring (bicyclic) bond motifs is 1. The fraction of sp³-hybridized carbons (Fsp3) is 0.333. The van der Waals surface area contributed by atoms with Crippen molar-refractivity contribution in [3.63, 3.8) is 0 Å². The van der Waals surface area contributed by atoms with Crippen molar-refractivity contribution in [1.29, 1.82) is 5.26 Å². The van der Waals surface area contributed by atoms with Crippen LogP contribution in [0, 0.1) is 29.0 Å². The lowest BCUT2D eigenvalue weighted by atomic mass is 9.83. The van der Waals surface area contributed by atoms with Gasteiger partial charge in [-0.25, -0.2) is 23.0 Å². The molecule has 1 aromatic carbocycles. The van der Waals surface area contributed by atoms with E-state index in [1.807, 2.05) is 0 Å². The predicted octanol–water partition coefficient (Wildman–Crippen LogP) is -0.00262. The van der Waals surface area contributed by atoms with Crippen molar-refractivity contribution in [2.75, 3.05) is 31.1 Å². The van der Waals surface area contributed by atoms with Crippen molar-refractivity contribution >= 4 is 35.0 Å². The number of alkyl halides is 1. The molecule has 1 saturated heterocycles. The largest absolute Gasteiger partial charge is 0.478 e. The number of amidine groups is 1. The zero-order valence-electron chi connectivity index (χ0n) is 17.9. The number of nitriles is 1. The number of halogens is 3. The Labute approximate surface area is 196 Å². The molecule has 35 heavy (non-hydrogen) atoms. The van der Waals surface area contributed by atoms with E-state index in [4.69, 9.17) is 11.0 Å². The van der Waals surface area contributed by atoms with Gasteiger partial charge in [-0.2, -0.15) is 5.26 Å². The molecule has 0 aliphatic carbocycles. The third-order valence-electron chi connectivity index (χ3n) is 5.96. The first kappa shape index (κ1) is 23.7. The molecule has 3 aliphatic heterocycles. The summed E-state index contributed by atoms with van der Waals surface area (Å²) in [6.07, 6.45) is -1.43. The number of nitrogens with two attached hydrogens (primary N) is 1. The van der Waals surface area contributed by atoms with Crippen molar-refractivity contribution in [3.8, 4) is 6.19 Å². The number of hydrogen-bond donors (Lipinski definition) is 2. The number of guanidine groups is 1. The number of nitrogens with zero attached hydrogens (tertiary/aromatic N) is 6. The highest BCUT2D eigenvalue weighted by Gasteiger charge is 2.52. The number of ketones is 2. The molecule has 0 spiro atoms. The first-order valence-corrected chi connectivity index (χ1v) is 10.3. The molecule has 4 rings (SSSR count). The molecule has 3 unspecified atom stereocenters. The number of anilines is 1. The number of rotatable bonds is 2. The average molecular weight is 489 g/mol. The zero-order chi connectivity index (χ0) is 25.4. The SMILES string of the molecule is N#CN=C(N)N1CCN(C2=NC3C(C(=O)C(C(=O)O)=CN3c3ccc(F)cc3F)C(=O)C2F)CC1. The van der Waals surface area contributed by atoms with Gasteiger partial charge in [-0.15, -0.1) is 4.99 Å². The molecule has 1 fully saturated rings. The highest BCUT2D eigenvalue weighted by molar-refractivity contribution is 6.28. The summed E-state index contributed by atoms with van der Waals surface area (Å²) in [5.74, 6) is -8.21. The second-order valence-electron chi connectivity index (χ2n) is 7.90. The smallest absolute Gasteiger partial charge is 0.340 e. The third kappa shape index (κ3) is 4.16. The van der Waals surface area contributed by atoms with Gasteiger partial charge in [-0.3, -0.25) is 9.59 Å². The van der Waals surface area contributed by atoms with Gasteiger partial charge in [0, 0.05) is 38.4 Å². The summed E-state index contributed by atoms with van der Waals surface area (Å²) in [7, 11) is 0. The van der Waals surface area contributed by atoms with Crippen molar-refractivity contribution in [1.82, 2.24) is 9.80 Å². The lowest BCUT2D eigenvalue weighted by Gasteiger charge is -2.43. The Hall–Kier alpha value is -4.41. The maximum Gasteiger partial charge on any atom is 0.340 e. The van der Waals surface area contributed by atoms with Gasteiger partial charge in [0.1, 0.15) is 35.1 Å². The number of carboxylic acid groups (broad SMARTS) is 1. The van der Waals surface area contributed by atoms with E-state index in [1.165, 1.54) is 4.90 Å². The predicted molar refractivity (Wildman–Crippen MR) is 115 cm³/mol. The number of Topliss-reactive ketones (excluding diaryl/α,β-unsaturated/α-hetero) is 2. The van der Waals surface area contributed by atoms with Crippen LogP contribution in [0.5, 0.6) is 0 Å². The Morgan fingerprint density at radius 3 is 2.51 bits per heavy atom. The quantitative estimate of drug-likeness (QED) is 0.192. The van der Waals surface area contributed by atoms with Crippen molar-refractivity contribution in [2.45, 2.75) is 12.3 Å². The molecule has 14 heteroatoms. The Bertz CT molecular complexity index is 1230. The molecule has 1 aromatic rings. The first-order valence-electron chi connectivity index (χ1n) is 10.3. The first-order chi connectivity index (χ1) is 16.6. The van der Waals surface area contributed by atoms with E-state index >= 15 is 4.39 Å². The van der Waals surface area contributed by atoms with Gasteiger partial charge in [0.25, 0.3) is 0 Å². The van der Waals surface area contributed by atoms with Gasteiger partial charge in [0.2, 0.25) is 18.3 Å². The van der Waals surface area contributed by atoms with Gasteiger partial charge in [0.05, 0.1) is 5.69 Å². The summed E-state index contributed by atoms with van der Waals surface area (Å²) in [4.78, 5) is 49.0. The molecule has 3 atom stereocenters. The molecule has 11 nitrogen and oxygen atoms in total. The number of aliphatic imine (C=N–C) groups is 2. The number of carbonyl (C=O) groups excluding carboxylic acids is 2. The fourth-order valence-corrected chi connectivity index (χ4v) is 4.23. The topological polar surface area (TPSA) is 156 Å². The van der Waals surface area contributed by atoms with E-state index in [0.29, 0.717) is 6.07 Å². The summed E-state index contributed by atoms with van der Waals surface area (Å²) in [6.45, 7) is 0.730. The van der Waals surface area contributed by atoms with Crippen molar-refractivity contribution in [3.05, 3.63) is 41.6 Å². The zero-order valence-corrected chi connectivity index (χ0v) is 17.9. The summed E-state index contributed by atoms with van der Waals surface area (Å²) in [5, 5.41) is 18.1. The van der Waals surface area contributed by atoms with Gasteiger partial charge in [-0.1, -0.05) is 0 Å². The van der Waals surface area contributed by atoms with Crippen molar-refractivity contribution < 1.29 is 32.7 Å². The third-order valence-corrected chi connectivity index (χ3v) is 5.96. The molecule has 3 aliphatic rings. The maximum atomic E-state index is 15.2. The van der Waals surface area contributed by atoms with Crippen LogP contribution in [-0.4, -0.2) is 82.8 Å². The van der Waals surface area contributed by atoms with E-state index in [1.54, 1.807) is 11.1 Å². The lowest BCUT2D eigenvalue weighted by molar-refractivity contribution is -0.138. The summed E-state index contributed by atoms with van der Waals surface area (Å²) in [5.41, 5.74) is 4.50.